The highest BCUT2D eigenvalue weighted by Crippen LogP contribution is 2.21. The largest absolute Gasteiger partial charge is 0.321 e. The first-order valence-corrected chi connectivity index (χ1v) is 7.74. The van der Waals surface area contributed by atoms with E-state index in [4.69, 9.17) is 0 Å². The number of likely N-dealkylation sites (tertiary alicyclic amines) is 1. The number of amides is 2. The van der Waals surface area contributed by atoms with Crippen molar-refractivity contribution in [2.24, 2.45) is 0 Å². The number of nitrogens with zero attached hydrogens (tertiary/aromatic N) is 7. The molecule has 0 radical (unpaired) electrons. The molecule has 0 bridgehead atoms. The van der Waals surface area contributed by atoms with Crippen molar-refractivity contribution in [3.8, 4) is 0 Å². The van der Waals surface area contributed by atoms with Gasteiger partial charge in [-0.25, -0.2) is 13.9 Å². The number of carbonyl (C=O) groups is 1. The van der Waals surface area contributed by atoms with Gasteiger partial charge in [-0.15, -0.1) is 5.10 Å². The minimum absolute atomic E-state index is 0.0887. The van der Waals surface area contributed by atoms with Crippen LogP contribution in [-0.4, -0.2) is 54.0 Å². The van der Waals surface area contributed by atoms with Crippen LogP contribution in [0.25, 0.3) is 0 Å². The third-order valence-electron chi connectivity index (χ3n) is 3.95. The van der Waals surface area contributed by atoms with Crippen LogP contribution in [0.2, 0.25) is 0 Å². The molecule has 10 heteroatoms. The monoisotopic (exact) mass is 342 g/mol. The molecule has 1 saturated heterocycles. The fraction of sp³-hybridized carbons (Fsp3) is 0.267. The molecule has 1 N–H and O–H groups in total. The van der Waals surface area contributed by atoms with Gasteiger partial charge in [0, 0.05) is 18.8 Å². The highest BCUT2D eigenvalue weighted by molar-refractivity contribution is 5.89. The fourth-order valence-corrected chi connectivity index (χ4v) is 2.56. The quantitative estimate of drug-likeness (QED) is 0.767. The summed E-state index contributed by atoms with van der Waals surface area (Å²) >= 11 is 0. The standard InChI is InChI=1S/C15H15FN8O/c16-11-1-3-12(4-2-11)19-15(25)22-9-14(10-22)23-7-13(20-21-23)8-24-17-5-6-18-24/h1-7,14H,8-10H2,(H,19,25). The van der Waals surface area contributed by atoms with Crippen LogP contribution in [0, 0.1) is 5.82 Å². The minimum atomic E-state index is -0.339. The molecular weight excluding hydrogens is 327 g/mol. The summed E-state index contributed by atoms with van der Waals surface area (Å²) in [5.74, 6) is -0.339. The Bertz CT molecular complexity index is 854. The van der Waals surface area contributed by atoms with Gasteiger partial charge in [-0.05, 0) is 24.3 Å². The number of hydrogen-bond donors (Lipinski definition) is 1. The summed E-state index contributed by atoms with van der Waals surface area (Å²) in [7, 11) is 0. The van der Waals surface area contributed by atoms with E-state index in [0.29, 0.717) is 25.3 Å². The maximum Gasteiger partial charge on any atom is 0.321 e. The van der Waals surface area contributed by atoms with E-state index in [-0.39, 0.29) is 17.9 Å². The van der Waals surface area contributed by atoms with Crippen molar-refractivity contribution < 1.29 is 9.18 Å². The molecule has 3 aromatic rings. The Balaban J connectivity index is 1.30. The maximum atomic E-state index is 12.9. The van der Waals surface area contributed by atoms with E-state index in [2.05, 4.69) is 25.8 Å². The highest BCUT2D eigenvalue weighted by atomic mass is 19.1. The van der Waals surface area contributed by atoms with Gasteiger partial charge in [-0.2, -0.15) is 15.0 Å². The molecule has 1 fully saturated rings. The Hall–Kier alpha value is -3.30. The average Bonchev–Trinajstić information content (AvgIpc) is 3.21. The van der Waals surface area contributed by atoms with Crippen molar-refractivity contribution in [2.75, 3.05) is 18.4 Å². The van der Waals surface area contributed by atoms with E-state index in [1.807, 2.05) is 6.20 Å². The third kappa shape index (κ3) is 3.32. The van der Waals surface area contributed by atoms with Crippen molar-refractivity contribution in [3.05, 3.63) is 54.4 Å². The first-order chi connectivity index (χ1) is 12.2. The van der Waals surface area contributed by atoms with Crippen LogP contribution in [0.5, 0.6) is 0 Å². The molecular formula is C15H15FN8O. The number of hydrogen-bond acceptors (Lipinski definition) is 5. The molecule has 1 aliphatic heterocycles. The van der Waals surface area contributed by atoms with Crippen LogP contribution in [0.3, 0.4) is 0 Å². The topological polar surface area (TPSA) is 93.8 Å². The Morgan fingerprint density at radius 1 is 1.20 bits per heavy atom. The average molecular weight is 342 g/mol. The van der Waals surface area contributed by atoms with Crippen molar-refractivity contribution in [3.63, 3.8) is 0 Å². The second kappa shape index (κ2) is 6.30. The fourth-order valence-electron chi connectivity index (χ4n) is 2.56. The van der Waals surface area contributed by atoms with Gasteiger partial charge in [-0.1, -0.05) is 5.21 Å². The molecule has 3 heterocycles. The van der Waals surface area contributed by atoms with Gasteiger partial charge in [0.25, 0.3) is 0 Å². The number of urea groups is 1. The van der Waals surface area contributed by atoms with E-state index in [9.17, 15) is 9.18 Å². The van der Waals surface area contributed by atoms with Gasteiger partial charge in [0.15, 0.2) is 0 Å². The number of benzene rings is 1. The second-order valence-corrected chi connectivity index (χ2v) is 5.75. The maximum absolute atomic E-state index is 12.9. The molecule has 128 valence electrons. The zero-order valence-corrected chi connectivity index (χ0v) is 13.2. The lowest BCUT2D eigenvalue weighted by atomic mass is 10.1. The van der Waals surface area contributed by atoms with Crippen LogP contribution in [0.4, 0.5) is 14.9 Å². The van der Waals surface area contributed by atoms with Crippen molar-refractivity contribution in [1.29, 1.82) is 0 Å². The van der Waals surface area contributed by atoms with E-state index >= 15 is 0 Å². The lowest BCUT2D eigenvalue weighted by molar-refractivity contribution is 0.127. The Morgan fingerprint density at radius 3 is 2.64 bits per heavy atom. The number of anilines is 1. The smallest absolute Gasteiger partial charge is 0.320 e. The van der Waals surface area contributed by atoms with Crippen molar-refractivity contribution in [2.45, 2.75) is 12.6 Å². The molecule has 1 aliphatic rings. The van der Waals surface area contributed by atoms with Gasteiger partial charge >= 0.3 is 6.03 Å². The zero-order chi connectivity index (χ0) is 17.2. The van der Waals surface area contributed by atoms with Gasteiger partial charge in [0.2, 0.25) is 0 Å². The molecule has 4 rings (SSSR count). The van der Waals surface area contributed by atoms with Gasteiger partial charge in [0.1, 0.15) is 18.1 Å². The summed E-state index contributed by atoms with van der Waals surface area (Å²) in [5, 5.41) is 19.0. The SMILES string of the molecule is O=C(Nc1ccc(F)cc1)N1CC(n2cc(Cn3nccn3)nn2)C1. The van der Waals surface area contributed by atoms with Crippen molar-refractivity contribution >= 4 is 11.7 Å². The molecule has 0 spiro atoms. The van der Waals surface area contributed by atoms with Crippen LogP contribution in [0.15, 0.2) is 42.9 Å². The molecule has 2 aromatic heterocycles. The van der Waals surface area contributed by atoms with Crippen LogP contribution >= 0.6 is 0 Å². The molecule has 0 saturated carbocycles. The van der Waals surface area contributed by atoms with Crippen LogP contribution < -0.4 is 5.32 Å². The summed E-state index contributed by atoms with van der Waals surface area (Å²) in [6, 6.07) is 5.53. The highest BCUT2D eigenvalue weighted by Gasteiger charge is 2.32. The molecule has 0 aliphatic carbocycles. The van der Waals surface area contributed by atoms with E-state index in [1.54, 1.807) is 22.0 Å². The normalized spacial score (nSPS) is 14.4. The van der Waals surface area contributed by atoms with E-state index < -0.39 is 0 Å². The number of rotatable bonds is 4. The predicted octanol–water partition coefficient (Wildman–Crippen LogP) is 1.15. The van der Waals surface area contributed by atoms with Gasteiger partial charge < -0.3 is 10.2 Å². The van der Waals surface area contributed by atoms with E-state index in [1.165, 1.54) is 29.1 Å². The summed E-state index contributed by atoms with van der Waals surface area (Å²) in [5.41, 5.74) is 1.31. The molecule has 0 atom stereocenters. The number of aromatic nitrogens is 6. The Labute approximate surface area is 142 Å². The summed E-state index contributed by atoms with van der Waals surface area (Å²) in [6.45, 7) is 1.53. The van der Waals surface area contributed by atoms with E-state index in [0.717, 1.165) is 5.69 Å². The van der Waals surface area contributed by atoms with Crippen LogP contribution in [-0.2, 0) is 6.54 Å². The minimum Gasteiger partial charge on any atom is -0.320 e. The summed E-state index contributed by atoms with van der Waals surface area (Å²) in [6.07, 6.45) is 5.05. The summed E-state index contributed by atoms with van der Waals surface area (Å²) < 4.78 is 14.6. The van der Waals surface area contributed by atoms with Gasteiger partial charge in [0.05, 0.1) is 24.6 Å². The lowest BCUT2D eigenvalue weighted by Gasteiger charge is -2.38. The van der Waals surface area contributed by atoms with Crippen LogP contribution in [0.1, 0.15) is 11.7 Å². The second-order valence-electron chi connectivity index (χ2n) is 5.75. The Morgan fingerprint density at radius 2 is 1.92 bits per heavy atom. The lowest BCUT2D eigenvalue weighted by Crippen LogP contribution is -2.52. The first-order valence-electron chi connectivity index (χ1n) is 7.74. The molecule has 9 nitrogen and oxygen atoms in total. The van der Waals surface area contributed by atoms with Crippen molar-refractivity contribution in [1.82, 2.24) is 34.9 Å². The predicted molar refractivity (Wildman–Crippen MR) is 85.2 cm³/mol. The number of halogens is 1. The molecule has 0 unspecified atom stereocenters. The first kappa shape index (κ1) is 15.2. The number of carbonyl (C=O) groups excluding carboxylic acids is 1. The number of nitrogens with one attached hydrogen (secondary N) is 1. The van der Waals surface area contributed by atoms with Gasteiger partial charge in [-0.3, -0.25) is 0 Å². The third-order valence-corrected chi connectivity index (χ3v) is 3.95. The Kier molecular flexibility index (Phi) is 3.84. The molecule has 2 amide bonds. The molecule has 25 heavy (non-hydrogen) atoms. The molecule has 1 aromatic carbocycles. The zero-order valence-electron chi connectivity index (χ0n) is 13.2. The summed E-state index contributed by atoms with van der Waals surface area (Å²) in [4.78, 5) is 15.3.